The molecule has 110 valence electrons. The maximum Gasteiger partial charge on any atom is 0.236 e. The fourth-order valence-electron chi connectivity index (χ4n) is 2.13. The van der Waals surface area contributed by atoms with Crippen molar-refractivity contribution in [1.29, 1.82) is 0 Å². The summed E-state index contributed by atoms with van der Waals surface area (Å²) in [7, 11) is 0. The van der Waals surface area contributed by atoms with E-state index in [1.807, 2.05) is 42.5 Å². The van der Waals surface area contributed by atoms with Crippen LogP contribution in [0, 0.1) is 10.1 Å². The van der Waals surface area contributed by atoms with E-state index in [0.717, 1.165) is 11.8 Å². The number of imidazole rings is 1. The first kappa shape index (κ1) is 13.8. The average Bonchev–Trinajstić information content (AvgIpc) is 2.96. The molecule has 6 heteroatoms. The number of fused-ring (bicyclic) bond motifs is 1. The molecule has 0 aliphatic heterocycles. The standard InChI is InChI=1S/C16H13N3O3/c20-18(21)10-9-14-11-17-15-7-4-8-16(19(14)15)22-12-13-5-2-1-3-6-13/h1-11H,12H2. The van der Waals surface area contributed by atoms with Crippen LogP contribution in [-0.2, 0) is 6.61 Å². The fraction of sp³-hybridized carbons (Fsp3) is 0.0625. The zero-order valence-corrected chi connectivity index (χ0v) is 11.6. The van der Waals surface area contributed by atoms with E-state index in [1.165, 1.54) is 6.08 Å². The van der Waals surface area contributed by atoms with Gasteiger partial charge in [-0.15, -0.1) is 0 Å². The Morgan fingerprint density at radius 1 is 1.18 bits per heavy atom. The van der Waals surface area contributed by atoms with Crippen LogP contribution in [0.1, 0.15) is 11.3 Å². The number of hydrogen-bond donors (Lipinski definition) is 0. The third-order valence-corrected chi connectivity index (χ3v) is 3.12. The predicted octanol–water partition coefficient (Wildman–Crippen LogP) is 3.16. The normalized spacial score (nSPS) is 11.1. The van der Waals surface area contributed by atoms with Gasteiger partial charge in [-0.3, -0.25) is 14.5 Å². The molecule has 0 saturated heterocycles. The number of rotatable bonds is 5. The molecule has 0 spiro atoms. The number of ether oxygens (including phenoxy) is 1. The van der Waals surface area contributed by atoms with E-state index >= 15 is 0 Å². The van der Waals surface area contributed by atoms with Crippen LogP contribution < -0.4 is 4.74 Å². The summed E-state index contributed by atoms with van der Waals surface area (Å²) < 4.78 is 7.57. The Morgan fingerprint density at radius 2 is 2.00 bits per heavy atom. The lowest BCUT2D eigenvalue weighted by Gasteiger charge is -2.09. The molecule has 0 unspecified atom stereocenters. The summed E-state index contributed by atoms with van der Waals surface area (Å²) in [6.45, 7) is 0.413. The molecule has 0 atom stereocenters. The van der Waals surface area contributed by atoms with E-state index in [0.29, 0.717) is 23.8 Å². The Labute approximate surface area is 126 Å². The van der Waals surface area contributed by atoms with Gasteiger partial charge >= 0.3 is 0 Å². The van der Waals surface area contributed by atoms with Gasteiger partial charge in [0.25, 0.3) is 0 Å². The first-order valence-corrected chi connectivity index (χ1v) is 6.69. The van der Waals surface area contributed by atoms with E-state index in [4.69, 9.17) is 4.74 Å². The third kappa shape index (κ3) is 2.95. The van der Waals surface area contributed by atoms with Crippen molar-refractivity contribution < 1.29 is 9.66 Å². The Bertz CT molecular complexity index is 825. The Balaban J connectivity index is 1.91. The minimum Gasteiger partial charge on any atom is -0.474 e. The van der Waals surface area contributed by atoms with Gasteiger partial charge in [-0.1, -0.05) is 36.4 Å². The molecule has 22 heavy (non-hydrogen) atoms. The monoisotopic (exact) mass is 295 g/mol. The highest BCUT2D eigenvalue weighted by molar-refractivity contribution is 5.54. The van der Waals surface area contributed by atoms with Crippen molar-refractivity contribution in [3.63, 3.8) is 0 Å². The quantitative estimate of drug-likeness (QED) is 0.535. The van der Waals surface area contributed by atoms with E-state index in [-0.39, 0.29) is 0 Å². The minimum absolute atomic E-state index is 0.413. The summed E-state index contributed by atoms with van der Waals surface area (Å²) in [5, 5.41) is 10.5. The molecule has 0 amide bonds. The molecule has 2 heterocycles. The maximum atomic E-state index is 10.5. The topological polar surface area (TPSA) is 69.7 Å². The van der Waals surface area contributed by atoms with Gasteiger partial charge in [-0.05, 0) is 17.7 Å². The Hall–Kier alpha value is -3.15. The molecular formula is C16H13N3O3. The summed E-state index contributed by atoms with van der Waals surface area (Å²) >= 11 is 0. The lowest BCUT2D eigenvalue weighted by atomic mass is 10.2. The molecule has 0 saturated carbocycles. The first-order valence-electron chi connectivity index (χ1n) is 6.69. The Morgan fingerprint density at radius 3 is 2.77 bits per heavy atom. The van der Waals surface area contributed by atoms with Gasteiger partial charge in [0.2, 0.25) is 6.20 Å². The van der Waals surface area contributed by atoms with Gasteiger partial charge in [0.15, 0.2) is 5.88 Å². The smallest absolute Gasteiger partial charge is 0.236 e. The van der Waals surface area contributed by atoms with Crippen molar-refractivity contribution in [3.05, 3.63) is 82.3 Å². The number of aromatic nitrogens is 2. The zero-order valence-electron chi connectivity index (χ0n) is 11.6. The molecule has 3 rings (SSSR count). The zero-order chi connectivity index (χ0) is 15.4. The second kappa shape index (κ2) is 6.09. The molecule has 2 aromatic heterocycles. The number of hydrogen-bond acceptors (Lipinski definition) is 4. The van der Waals surface area contributed by atoms with Gasteiger partial charge in [-0.25, -0.2) is 4.98 Å². The largest absolute Gasteiger partial charge is 0.474 e. The summed E-state index contributed by atoms with van der Waals surface area (Å²) in [4.78, 5) is 14.2. The van der Waals surface area contributed by atoms with Crippen LogP contribution in [0.15, 0.2) is 60.9 Å². The maximum absolute atomic E-state index is 10.5. The van der Waals surface area contributed by atoms with Crippen molar-refractivity contribution in [2.75, 3.05) is 0 Å². The molecule has 6 nitrogen and oxygen atoms in total. The summed E-state index contributed by atoms with van der Waals surface area (Å²) in [5.41, 5.74) is 2.31. The second-order valence-electron chi connectivity index (χ2n) is 4.62. The number of benzene rings is 1. The van der Waals surface area contributed by atoms with E-state index in [2.05, 4.69) is 4.98 Å². The lowest BCUT2D eigenvalue weighted by molar-refractivity contribution is -0.401. The van der Waals surface area contributed by atoms with Gasteiger partial charge in [-0.2, -0.15) is 0 Å². The molecule has 3 aromatic rings. The number of pyridine rings is 1. The molecule has 0 aliphatic carbocycles. The van der Waals surface area contributed by atoms with Gasteiger partial charge in [0.1, 0.15) is 12.3 Å². The number of nitro groups is 1. The van der Waals surface area contributed by atoms with Gasteiger partial charge in [0.05, 0.1) is 16.8 Å². The predicted molar refractivity (Wildman–Crippen MR) is 82.0 cm³/mol. The third-order valence-electron chi connectivity index (χ3n) is 3.12. The summed E-state index contributed by atoms with van der Waals surface area (Å²) in [6, 6.07) is 15.2. The first-order chi connectivity index (χ1) is 10.7. The average molecular weight is 295 g/mol. The SMILES string of the molecule is O=[N+]([O-])C=Cc1cnc2cccc(OCc3ccccc3)n12. The molecule has 0 aliphatic rings. The van der Waals surface area contributed by atoms with Crippen LogP contribution in [0.3, 0.4) is 0 Å². The van der Waals surface area contributed by atoms with Crippen LogP contribution >= 0.6 is 0 Å². The van der Waals surface area contributed by atoms with Crippen molar-refractivity contribution in [3.8, 4) is 5.88 Å². The van der Waals surface area contributed by atoms with Crippen LogP contribution in [0.4, 0.5) is 0 Å². The van der Waals surface area contributed by atoms with Gasteiger partial charge < -0.3 is 4.74 Å². The van der Waals surface area contributed by atoms with Crippen LogP contribution in [0.25, 0.3) is 11.7 Å². The Kier molecular flexibility index (Phi) is 3.82. The molecule has 0 bridgehead atoms. The van der Waals surface area contributed by atoms with Crippen molar-refractivity contribution in [2.24, 2.45) is 0 Å². The minimum atomic E-state index is -0.507. The molecule has 1 aromatic carbocycles. The highest BCUT2D eigenvalue weighted by atomic mass is 16.6. The molecule has 0 N–H and O–H groups in total. The van der Waals surface area contributed by atoms with Gasteiger partial charge in [0, 0.05) is 6.08 Å². The van der Waals surface area contributed by atoms with Crippen molar-refractivity contribution in [2.45, 2.75) is 6.61 Å². The summed E-state index contributed by atoms with van der Waals surface area (Å²) in [6.07, 6.45) is 3.86. The molecule has 0 radical (unpaired) electrons. The number of nitrogens with zero attached hydrogens (tertiary/aromatic N) is 3. The van der Waals surface area contributed by atoms with Crippen LogP contribution in [0.5, 0.6) is 5.88 Å². The molecular weight excluding hydrogens is 282 g/mol. The second-order valence-corrected chi connectivity index (χ2v) is 4.62. The highest BCUT2D eigenvalue weighted by Crippen LogP contribution is 2.19. The van der Waals surface area contributed by atoms with E-state index in [1.54, 1.807) is 16.7 Å². The highest BCUT2D eigenvalue weighted by Gasteiger charge is 2.07. The van der Waals surface area contributed by atoms with Crippen molar-refractivity contribution in [1.82, 2.24) is 9.38 Å². The molecule has 0 fully saturated rings. The fourth-order valence-corrected chi connectivity index (χ4v) is 2.13. The van der Waals surface area contributed by atoms with E-state index < -0.39 is 4.92 Å². The van der Waals surface area contributed by atoms with Crippen LogP contribution in [-0.4, -0.2) is 14.3 Å². The lowest BCUT2D eigenvalue weighted by Crippen LogP contribution is -2.01. The van der Waals surface area contributed by atoms with E-state index in [9.17, 15) is 10.1 Å². The van der Waals surface area contributed by atoms with Crippen molar-refractivity contribution >= 4 is 11.7 Å². The van der Waals surface area contributed by atoms with Crippen LogP contribution in [0.2, 0.25) is 0 Å². The summed E-state index contributed by atoms with van der Waals surface area (Å²) in [5.74, 6) is 0.585.